The lowest BCUT2D eigenvalue weighted by Gasteiger charge is -2.33. The second-order valence-electron chi connectivity index (χ2n) is 7.39. The molecule has 4 atom stereocenters. The van der Waals surface area contributed by atoms with Gasteiger partial charge in [-0.05, 0) is 25.7 Å². The summed E-state index contributed by atoms with van der Waals surface area (Å²) in [5, 5.41) is 15.1. The summed E-state index contributed by atoms with van der Waals surface area (Å²) in [7, 11) is 0. The number of nitrogens with two attached hydrogens (primary N) is 2. The minimum Gasteiger partial charge on any atom is -0.481 e. The highest BCUT2D eigenvalue weighted by Crippen LogP contribution is 2.35. The lowest BCUT2D eigenvalue weighted by Crippen LogP contribution is -2.58. The van der Waals surface area contributed by atoms with Crippen LogP contribution in [0.25, 0.3) is 0 Å². The van der Waals surface area contributed by atoms with Crippen molar-refractivity contribution in [1.82, 2.24) is 15.5 Å². The Labute approximate surface area is 153 Å². The first-order valence-corrected chi connectivity index (χ1v) is 9.35. The van der Waals surface area contributed by atoms with E-state index in [0.717, 1.165) is 25.7 Å². The Morgan fingerprint density at radius 2 is 1.69 bits per heavy atom. The molecule has 1 aliphatic carbocycles. The van der Waals surface area contributed by atoms with Gasteiger partial charge in [0, 0.05) is 32.0 Å². The number of rotatable bonds is 6. The zero-order valence-electron chi connectivity index (χ0n) is 15.3. The fraction of sp³-hybridized carbons (Fsp3) is 0.824. The van der Waals surface area contributed by atoms with Gasteiger partial charge in [0.1, 0.15) is 12.3 Å². The molecule has 26 heavy (non-hydrogen) atoms. The Morgan fingerprint density at radius 1 is 1.08 bits per heavy atom. The highest BCUT2D eigenvalue weighted by Gasteiger charge is 2.45. The molecule has 7 N–H and O–H groups in total. The summed E-state index contributed by atoms with van der Waals surface area (Å²) in [5.41, 5.74) is 11.3. The number of carbonyl (C=O) groups excluding carboxylic acids is 2. The van der Waals surface area contributed by atoms with Gasteiger partial charge in [-0.2, -0.15) is 0 Å². The second-order valence-corrected chi connectivity index (χ2v) is 7.39. The standard InChI is InChI=1S/C17H31N5O4/c1-10(23)20-14(15(24)22-6-4-2-3-5-7-22)12-8-11(16(25)26)9-13(12)21-17(18)19/h11-14,17,21H,2-9,18-19H2,1H3,(H,20,23)(H,25,26). The summed E-state index contributed by atoms with van der Waals surface area (Å²) in [6.45, 7) is 2.69. The number of hydrogen-bond acceptors (Lipinski definition) is 6. The Balaban J connectivity index is 2.22. The highest BCUT2D eigenvalue weighted by atomic mass is 16.4. The molecular weight excluding hydrogens is 338 g/mol. The van der Waals surface area contributed by atoms with Crippen molar-refractivity contribution in [2.45, 2.75) is 63.8 Å². The fourth-order valence-corrected chi connectivity index (χ4v) is 4.14. The van der Waals surface area contributed by atoms with Gasteiger partial charge in [0.25, 0.3) is 0 Å². The van der Waals surface area contributed by atoms with Gasteiger partial charge in [0.2, 0.25) is 11.8 Å². The maximum Gasteiger partial charge on any atom is 0.306 e. The van der Waals surface area contributed by atoms with Crippen molar-refractivity contribution in [3.05, 3.63) is 0 Å². The van der Waals surface area contributed by atoms with E-state index in [-0.39, 0.29) is 23.8 Å². The van der Waals surface area contributed by atoms with Crippen LogP contribution in [0, 0.1) is 11.8 Å². The van der Waals surface area contributed by atoms with Gasteiger partial charge in [0.15, 0.2) is 0 Å². The van der Waals surface area contributed by atoms with Crippen LogP contribution >= 0.6 is 0 Å². The van der Waals surface area contributed by atoms with Crippen LogP contribution in [0.4, 0.5) is 0 Å². The van der Waals surface area contributed by atoms with E-state index in [1.165, 1.54) is 6.92 Å². The quantitative estimate of drug-likeness (QED) is 0.383. The minimum atomic E-state index is -0.909. The van der Waals surface area contributed by atoms with Gasteiger partial charge >= 0.3 is 5.97 Å². The van der Waals surface area contributed by atoms with E-state index in [9.17, 15) is 19.5 Å². The molecule has 1 heterocycles. The molecule has 2 fully saturated rings. The monoisotopic (exact) mass is 369 g/mol. The normalized spacial score (nSPS) is 27.8. The van der Waals surface area contributed by atoms with Gasteiger partial charge in [-0.15, -0.1) is 0 Å². The number of carboxylic acids is 1. The molecule has 1 aliphatic heterocycles. The zero-order valence-corrected chi connectivity index (χ0v) is 15.3. The summed E-state index contributed by atoms with van der Waals surface area (Å²) in [4.78, 5) is 38.2. The fourth-order valence-electron chi connectivity index (χ4n) is 4.14. The molecule has 0 spiro atoms. The summed E-state index contributed by atoms with van der Waals surface area (Å²) in [6.07, 6.45) is 3.86. The average molecular weight is 369 g/mol. The largest absolute Gasteiger partial charge is 0.481 e. The SMILES string of the molecule is CC(=O)NC(C(=O)N1CCCCCC1)C1CC(C(=O)O)CC1NC(N)N. The maximum absolute atomic E-state index is 13.2. The van der Waals surface area contributed by atoms with Crippen molar-refractivity contribution >= 4 is 17.8 Å². The Morgan fingerprint density at radius 3 is 2.19 bits per heavy atom. The topological polar surface area (TPSA) is 151 Å². The van der Waals surface area contributed by atoms with E-state index in [1.54, 1.807) is 4.90 Å². The van der Waals surface area contributed by atoms with Crippen LogP contribution in [-0.4, -0.2) is 59.3 Å². The summed E-state index contributed by atoms with van der Waals surface area (Å²) < 4.78 is 0. The molecule has 0 aromatic carbocycles. The number of carbonyl (C=O) groups is 3. The van der Waals surface area contributed by atoms with E-state index in [1.807, 2.05) is 0 Å². The van der Waals surface area contributed by atoms with Gasteiger partial charge < -0.3 is 26.8 Å². The molecule has 1 saturated heterocycles. The molecule has 0 bridgehead atoms. The van der Waals surface area contributed by atoms with E-state index < -0.39 is 24.2 Å². The van der Waals surface area contributed by atoms with Crippen LogP contribution in [0.1, 0.15) is 45.4 Å². The number of amides is 2. The number of nitrogens with one attached hydrogen (secondary N) is 2. The van der Waals surface area contributed by atoms with Crippen molar-refractivity contribution in [2.24, 2.45) is 23.3 Å². The predicted molar refractivity (Wildman–Crippen MR) is 95.6 cm³/mol. The number of aliphatic carboxylic acids is 1. The van der Waals surface area contributed by atoms with E-state index in [4.69, 9.17) is 11.5 Å². The molecule has 148 valence electrons. The van der Waals surface area contributed by atoms with Crippen LogP contribution in [0.15, 0.2) is 0 Å². The smallest absolute Gasteiger partial charge is 0.306 e. The number of hydrogen-bond donors (Lipinski definition) is 5. The molecule has 0 radical (unpaired) electrons. The van der Waals surface area contributed by atoms with Crippen molar-refractivity contribution < 1.29 is 19.5 Å². The Bertz CT molecular complexity index is 519. The first kappa shape index (κ1) is 20.6. The van der Waals surface area contributed by atoms with Gasteiger partial charge in [0.05, 0.1) is 5.92 Å². The van der Waals surface area contributed by atoms with Crippen molar-refractivity contribution in [3.63, 3.8) is 0 Å². The molecule has 2 rings (SSSR count). The number of likely N-dealkylation sites (tertiary alicyclic amines) is 1. The number of carboxylic acid groups (broad SMARTS) is 1. The molecule has 1 saturated carbocycles. The van der Waals surface area contributed by atoms with E-state index in [0.29, 0.717) is 25.9 Å². The minimum absolute atomic E-state index is 0.143. The van der Waals surface area contributed by atoms with Crippen molar-refractivity contribution in [2.75, 3.05) is 13.1 Å². The third kappa shape index (κ3) is 5.39. The predicted octanol–water partition coefficient (Wildman–Crippen LogP) is -0.836. The lowest BCUT2D eigenvalue weighted by atomic mass is 9.92. The third-order valence-corrected chi connectivity index (χ3v) is 5.34. The molecule has 0 aromatic heterocycles. The summed E-state index contributed by atoms with van der Waals surface area (Å²) in [5.74, 6) is -2.33. The van der Waals surface area contributed by atoms with Crippen LogP contribution in [0.5, 0.6) is 0 Å². The van der Waals surface area contributed by atoms with E-state index >= 15 is 0 Å². The van der Waals surface area contributed by atoms with Gasteiger partial charge in [-0.25, -0.2) is 0 Å². The van der Waals surface area contributed by atoms with E-state index in [2.05, 4.69) is 10.6 Å². The summed E-state index contributed by atoms with van der Waals surface area (Å²) >= 11 is 0. The van der Waals surface area contributed by atoms with Gasteiger partial charge in [-0.1, -0.05) is 12.8 Å². The van der Waals surface area contributed by atoms with Crippen LogP contribution in [0.3, 0.4) is 0 Å². The first-order chi connectivity index (χ1) is 12.3. The average Bonchev–Trinajstić information content (AvgIpc) is 2.78. The molecule has 4 unspecified atom stereocenters. The molecule has 9 nitrogen and oxygen atoms in total. The Hall–Kier alpha value is -1.71. The molecule has 2 aliphatic rings. The second kappa shape index (κ2) is 9.29. The third-order valence-electron chi connectivity index (χ3n) is 5.34. The number of nitrogens with zero attached hydrogens (tertiary/aromatic N) is 1. The zero-order chi connectivity index (χ0) is 19.3. The van der Waals surface area contributed by atoms with Crippen LogP contribution in [-0.2, 0) is 14.4 Å². The van der Waals surface area contributed by atoms with Gasteiger partial charge in [-0.3, -0.25) is 19.7 Å². The molecular formula is C17H31N5O4. The summed E-state index contributed by atoms with van der Waals surface area (Å²) in [6, 6.07) is -1.12. The molecule has 0 aromatic rings. The molecule has 9 heteroatoms. The first-order valence-electron chi connectivity index (χ1n) is 9.35. The maximum atomic E-state index is 13.2. The Kier molecular flexibility index (Phi) is 7.36. The molecule has 2 amide bonds. The lowest BCUT2D eigenvalue weighted by molar-refractivity contribution is -0.142. The van der Waals surface area contributed by atoms with Crippen molar-refractivity contribution in [3.8, 4) is 0 Å². The van der Waals surface area contributed by atoms with Crippen LogP contribution in [0.2, 0.25) is 0 Å². The van der Waals surface area contributed by atoms with Crippen LogP contribution < -0.4 is 22.1 Å². The highest BCUT2D eigenvalue weighted by molar-refractivity contribution is 5.87. The van der Waals surface area contributed by atoms with Crippen molar-refractivity contribution in [1.29, 1.82) is 0 Å².